The molecule has 7 heteroatoms. The number of sulfonamides is 1. The summed E-state index contributed by atoms with van der Waals surface area (Å²) in [5.41, 5.74) is 2.26. The third-order valence-electron chi connectivity index (χ3n) is 4.32. The standard InChI is InChI=1S/C18H19FN2O3S/c1-12-7-8-15(10-16(12)19)20-18(22)14-9-13-5-3-4-6-17(13)21(11-14)25(2,23)24/h3-8,10,14H,9,11H2,1-2H3,(H,20,22). The molecule has 1 heterocycles. The molecule has 5 nitrogen and oxygen atoms in total. The number of rotatable bonds is 3. The normalized spacial score (nSPS) is 17.1. The maximum Gasteiger partial charge on any atom is 0.232 e. The van der Waals surface area contributed by atoms with Gasteiger partial charge in [-0.05, 0) is 42.7 Å². The van der Waals surface area contributed by atoms with Crippen LogP contribution in [0, 0.1) is 18.7 Å². The van der Waals surface area contributed by atoms with Crippen molar-refractivity contribution in [1.82, 2.24) is 0 Å². The Kier molecular flexibility index (Phi) is 4.51. The average molecular weight is 362 g/mol. The summed E-state index contributed by atoms with van der Waals surface area (Å²) in [5, 5.41) is 2.68. The van der Waals surface area contributed by atoms with Gasteiger partial charge in [-0.2, -0.15) is 0 Å². The number of hydrogen-bond acceptors (Lipinski definition) is 3. The number of carbonyl (C=O) groups is 1. The van der Waals surface area contributed by atoms with E-state index in [1.54, 1.807) is 31.2 Å². The molecule has 25 heavy (non-hydrogen) atoms. The summed E-state index contributed by atoms with van der Waals surface area (Å²) in [6, 6.07) is 11.6. The molecule has 0 saturated heterocycles. The Balaban J connectivity index is 1.85. The molecular weight excluding hydrogens is 343 g/mol. The number of para-hydroxylation sites is 1. The maximum absolute atomic E-state index is 13.6. The first-order valence-electron chi connectivity index (χ1n) is 7.88. The molecule has 0 bridgehead atoms. The molecule has 0 radical (unpaired) electrons. The Morgan fingerprint density at radius 3 is 2.64 bits per heavy atom. The van der Waals surface area contributed by atoms with E-state index < -0.39 is 21.8 Å². The Morgan fingerprint density at radius 1 is 1.24 bits per heavy atom. The Hall–Kier alpha value is -2.41. The van der Waals surface area contributed by atoms with Crippen molar-refractivity contribution in [3.63, 3.8) is 0 Å². The monoisotopic (exact) mass is 362 g/mol. The van der Waals surface area contributed by atoms with Crippen LogP contribution < -0.4 is 9.62 Å². The number of hydrogen-bond donors (Lipinski definition) is 1. The van der Waals surface area contributed by atoms with Gasteiger partial charge in [-0.3, -0.25) is 9.10 Å². The van der Waals surface area contributed by atoms with E-state index in [4.69, 9.17) is 0 Å². The predicted molar refractivity (Wildman–Crippen MR) is 95.6 cm³/mol. The van der Waals surface area contributed by atoms with Crippen LogP contribution in [0.1, 0.15) is 11.1 Å². The van der Waals surface area contributed by atoms with Gasteiger partial charge in [-0.25, -0.2) is 12.8 Å². The topological polar surface area (TPSA) is 66.5 Å². The molecule has 1 aliphatic heterocycles. The van der Waals surface area contributed by atoms with E-state index in [1.165, 1.54) is 10.4 Å². The summed E-state index contributed by atoms with van der Waals surface area (Å²) in [7, 11) is -3.50. The second-order valence-electron chi connectivity index (χ2n) is 6.28. The van der Waals surface area contributed by atoms with Crippen molar-refractivity contribution >= 4 is 27.3 Å². The first kappa shape index (κ1) is 17.4. The number of nitrogens with zero attached hydrogens (tertiary/aromatic N) is 1. The van der Waals surface area contributed by atoms with Gasteiger partial charge in [0.1, 0.15) is 5.82 Å². The molecule has 2 aromatic carbocycles. The number of anilines is 2. The fourth-order valence-electron chi connectivity index (χ4n) is 2.96. The highest BCUT2D eigenvalue weighted by atomic mass is 32.2. The lowest BCUT2D eigenvalue weighted by Crippen LogP contribution is -2.43. The zero-order chi connectivity index (χ0) is 18.2. The fraction of sp³-hybridized carbons (Fsp3) is 0.278. The minimum Gasteiger partial charge on any atom is -0.326 e. The summed E-state index contributed by atoms with van der Waals surface area (Å²) in [6.07, 6.45) is 1.56. The highest BCUT2D eigenvalue weighted by Gasteiger charge is 2.33. The molecular formula is C18H19FN2O3S. The quantitative estimate of drug-likeness (QED) is 0.913. The summed E-state index contributed by atoms with van der Waals surface area (Å²) in [6.45, 7) is 1.71. The predicted octanol–water partition coefficient (Wildman–Crippen LogP) is 2.71. The SMILES string of the molecule is Cc1ccc(NC(=O)C2Cc3ccccc3N(S(C)(=O)=O)C2)cc1F. The van der Waals surface area contributed by atoms with Crippen molar-refractivity contribution in [2.24, 2.45) is 5.92 Å². The van der Waals surface area contributed by atoms with Crippen LogP contribution in [0.4, 0.5) is 15.8 Å². The molecule has 0 aromatic heterocycles. The summed E-state index contributed by atoms with van der Waals surface area (Å²) < 4.78 is 39.1. The smallest absolute Gasteiger partial charge is 0.232 e. The lowest BCUT2D eigenvalue weighted by molar-refractivity contribution is -0.119. The van der Waals surface area contributed by atoms with E-state index in [-0.39, 0.29) is 12.5 Å². The van der Waals surface area contributed by atoms with E-state index in [9.17, 15) is 17.6 Å². The number of carbonyl (C=O) groups excluding carboxylic acids is 1. The van der Waals surface area contributed by atoms with Crippen LogP contribution in [-0.4, -0.2) is 27.1 Å². The molecule has 1 N–H and O–H groups in total. The van der Waals surface area contributed by atoms with Crippen molar-refractivity contribution in [2.45, 2.75) is 13.3 Å². The number of aryl methyl sites for hydroxylation is 1. The Morgan fingerprint density at radius 2 is 1.96 bits per heavy atom. The van der Waals surface area contributed by atoms with Crippen molar-refractivity contribution in [3.05, 3.63) is 59.4 Å². The zero-order valence-electron chi connectivity index (χ0n) is 14.0. The lowest BCUT2D eigenvalue weighted by Gasteiger charge is -2.33. The van der Waals surface area contributed by atoms with Crippen LogP contribution in [0.3, 0.4) is 0 Å². The number of fused-ring (bicyclic) bond motifs is 1. The van der Waals surface area contributed by atoms with E-state index in [0.29, 0.717) is 23.4 Å². The number of halogens is 1. The van der Waals surface area contributed by atoms with Gasteiger partial charge < -0.3 is 5.32 Å². The second kappa shape index (κ2) is 6.48. The third-order valence-corrected chi connectivity index (χ3v) is 5.47. The van der Waals surface area contributed by atoms with Crippen LogP contribution in [0.2, 0.25) is 0 Å². The maximum atomic E-state index is 13.6. The summed E-state index contributed by atoms with van der Waals surface area (Å²) in [5.74, 6) is -1.27. The van der Waals surface area contributed by atoms with Crippen molar-refractivity contribution in [3.8, 4) is 0 Å². The molecule has 1 unspecified atom stereocenters. The third kappa shape index (κ3) is 3.66. The van der Waals surface area contributed by atoms with Crippen LogP contribution in [0.5, 0.6) is 0 Å². The molecule has 0 fully saturated rings. The van der Waals surface area contributed by atoms with Gasteiger partial charge in [0, 0.05) is 12.2 Å². The highest BCUT2D eigenvalue weighted by Crippen LogP contribution is 2.32. The van der Waals surface area contributed by atoms with Gasteiger partial charge in [0.25, 0.3) is 0 Å². The van der Waals surface area contributed by atoms with Gasteiger partial charge in [-0.1, -0.05) is 24.3 Å². The van der Waals surface area contributed by atoms with Crippen molar-refractivity contribution in [2.75, 3.05) is 22.4 Å². The molecule has 0 saturated carbocycles. The summed E-state index contributed by atoms with van der Waals surface area (Å²) in [4.78, 5) is 12.6. The zero-order valence-corrected chi connectivity index (χ0v) is 14.8. The molecule has 0 aliphatic carbocycles. The molecule has 1 aliphatic rings. The Labute approximate surface area is 146 Å². The molecule has 0 spiro atoms. The van der Waals surface area contributed by atoms with Crippen molar-refractivity contribution < 1.29 is 17.6 Å². The Bertz CT molecular complexity index is 928. The minimum absolute atomic E-state index is 0.0655. The van der Waals surface area contributed by atoms with E-state index >= 15 is 0 Å². The van der Waals surface area contributed by atoms with Gasteiger partial charge >= 0.3 is 0 Å². The van der Waals surface area contributed by atoms with Gasteiger partial charge in [0.2, 0.25) is 15.9 Å². The minimum atomic E-state index is -3.50. The average Bonchev–Trinajstić information content (AvgIpc) is 2.56. The number of nitrogens with one attached hydrogen (secondary N) is 1. The van der Waals surface area contributed by atoms with Crippen molar-refractivity contribution in [1.29, 1.82) is 0 Å². The van der Waals surface area contributed by atoms with Crippen LogP contribution in [0.15, 0.2) is 42.5 Å². The first-order chi connectivity index (χ1) is 11.8. The summed E-state index contributed by atoms with van der Waals surface area (Å²) >= 11 is 0. The molecule has 132 valence electrons. The van der Waals surface area contributed by atoms with Gasteiger partial charge in [0.15, 0.2) is 0 Å². The number of benzene rings is 2. The lowest BCUT2D eigenvalue weighted by atomic mass is 9.93. The first-order valence-corrected chi connectivity index (χ1v) is 9.73. The second-order valence-corrected chi connectivity index (χ2v) is 8.18. The van der Waals surface area contributed by atoms with Crippen LogP contribution in [0.25, 0.3) is 0 Å². The fourth-order valence-corrected chi connectivity index (χ4v) is 3.95. The van der Waals surface area contributed by atoms with E-state index in [0.717, 1.165) is 11.8 Å². The molecule has 1 amide bonds. The van der Waals surface area contributed by atoms with Crippen LogP contribution >= 0.6 is 0 Å². The molecule has 3 rings (SSSR count). The molecule has 2 aromatic rings. The van der Waals surface area contributed by atoms with Gasteiger partial charge in [-0.15, -0.1) is 0 Å². The van der Waals surface area contributed by atoms with Gasteiger partial charge in [0.05, 0.1) is 17.9 Å². The van der Waals surface area contributed by atoms with E-state index in [2.05, 4.69) is 5.32 Å². The largest absolute Gasteiger partial charge is 0.326 e. The van der Waals surface area contributed by atoms with E-state index in [1.807, 2.05) is 12.1 Å². The highest BCUT2D eigenvalue weighted by molar-refractivity contribution is 7.92. The van der Waals surface area contributed by atoms with Crippen LogP contribution in [-0.2, 0) is 21.2 Å². The molecule has 1 atom stereocenters. The number of amides is 1.